The van der Waals surface area contributed by atoms with Crippen LogP contribution < -0.4 is 5.73 Å². The fraction of sp³-hybridized carbons (Fsp3) is 0.400. The van der Waals surface area contributed by atoms with Crippen LogP contribution in [-0.4, -0.2) is 22.9 Å². The van der Waals surface area contributed by atoms with Gasteiger partial charge < -0.3 is 15.9 Å². The summed E-state index contributed by atoms with van der Waals surface area (Å²) in [6.45, 7) is -0.151. The lowest BCUT2D eigenvalue weighted by molar-refractivity contribution is 0.129. The van der Waals surface area contributed by atoms with E-state index in [4.69, 9.17) is 57.2 Å². The Kier molecular flexibility index (Phi) is 5.80. The van der Waals surface area contributed by atoms with E-state index in [-0.39, 0.29) is 38.7 Å². The van der Waals surface area contributed by atoms with E-state index in [2.05, 4.69) is 0 Å². The highest BCUT2D eigenvalue weighted by molar-refractivity contribution is 6.48. The molecular formula is C10H11Cl4NO2. The number of hydrogen-bond donors (Lipinski definition) is 3. The van der Waals surface area contributed by atoms with Crippen molar-refractivity contribution in [3.63, 3.8) is 0 Å². The summed E-state index contributed by atoms with van der Waals surface area (Å²) >= 11 is 23.6. The topological polar surface area (TPSA) is 66.5 Å². The number of hydrogen-bond acceptors (Lipinski definition) is 3. The normalized spacial score (nSPS) is 14.8. The maximum Gasteiger partial charge on any atom is 0.0971 e. The lowest BCUT2D eigenvalue weighted by Crippen LogP contribution is -2.29. The molecule has 0 aliphatic carbocycles. The number of aliphatic hydroxyl groups is 2. The molecule has 1 aromatic rings. The van der Waals surface area contributed by atoms with E-state index in [0.29, 0.717) is 0 Å². The minimum absolute atomic E-state index is 0.113. The molecule has 1 rings (SSSR count). The monoisotopic (exact) mass is 317 g/mol. The van der Waals surface area contributed by atoms with Gasteiger partial charge in [-0.1, -0.05) is 46.4 Å². The second-order valence-electron chi connectivity index (χ2n) is 3.50. The zero-order valence-corrected chi connectivity index (χ0v) is 11.7. The van der Waals surface area contributed by atoms with Crippen LogP contribution in [0.4, 0.5) is 0 Å². The van der Waals surface area contributed by atoms with Gasteiger partial charge in [0.1, 0.15) is 0 Å². The van der Waals surface area contributed by atoms with E-state index >= 15 is 0 Å². The summed E-state index contributed by atoms with van der Waals surface area (Å²) in [7, 11) is 0. The highest BCUT2D eigenvalue weighted by Crippen LogP contribution is 2.41. The molecule has 0 aliphatic rings. The second kappa shape index (κ2) is 6.43. The van der Waals surface area contributed by atoms with Crippen LogP contribution in [-0.2, 0) is 0 Å². The first kappa shape index (κ1) is 15.3. The van der Waals surface area contributed by atoms with Gasteiger partial charge in [-0.2, -0.15) is 0 Å². The van der Waals surface area contributed by atoms with Crippen molar-refractivity contribution in [2.24, 2.45) is 5.73 Å². The number of aliphatic hydroxyl groups excluding tert-OH is 2. The summed E-state index contributed by atoms with van der Waals surface area (Å²) in [5.74, 6) is 0. The third-order valence-corrected chi connectivity index (χ3v) is 3.91. The van der Waals surface area contributed by atoms with Crippen molar-refractivity contribution < 1.29 is 10.2 Å². The number of nitrogens with two attached hydrogens (primary N) is 1. The summed E-state index contributed by atoms with van der Waals surface area (Å²) in [5, 5.41) is 19.4. The Hall–Kier alpha value is 0.260. The van der Waals surface area contributed by atoms with Gasteiger partial charge in [-0.15, -0.1) is 0 Å². The quantitative estimate of drug-likeness (QED) is 0.747. The minimum Gasteiger partial charge on any atom is -0.396 e. The van der Waals surface area contributed by atoms with Gasteiger partial charge in [0, 0.05) is 18.2 Å². The molecule has 2 atom stereocenters. The molecule has 0 heterocycles. The molecule has 0 saturated carbocycles. The number of halogens is 4. The lowest BCUT2D eigenvalue weighted by atomic mass is 10.0. The highest BCUT2D eigenvalue weighted by atomic mass is 35.5. The van der Waals surface area contributed by atoms with Crippen LogP contribution in [0.3, 0.4) is 0 Å². The van der Waals surface area contributed by atoms with E-state index in [1.165, 1.54) is 6.07 Å². The largest absolute Gasteiger partial charge is 0.396 e. The molecular weight excluding hydrogens is 308 g/mol. The van der Waals surface area contributed by atoms with Crippen LogP contribution in [0.2, 0.25) is 20.1 Å². The van der Waals surface area contributed by atoms with Crippen molar-refractivity contribution in [1.29, 1.82) is 0 Å². The van der Waals surface area contributed by atoms with Gasteiger partial charge in [-0.3, -0.25) is 0 Å². The summed E-state index contributed by atoms with van der Waals surface area (Å²) in [4.78, 5) is 0. The lowest BCUT2D eigenvalue weighted by Gasteiger charge is -2.21. The van der Waals surface area contributed by atoms with Crippen LogP contribution in [0.15, 0.2) is 6.07 Å². The van der Waals surface area contributed by atoms with Crippen molar-refractivity contribution in [3.05, 3.63) is 31.7 Å². The van der Waals surface area contributed by atoms with Crippen LogP contribution in [0.5, 0.6) is 0 Å². The predicted octanol–water partition coefficient (Wildman–Crippen LogP) is 3.04. The van der Waals surface area contributed by atoms with E-state index < -0.39 is 12.1 Å². The fourth-order valence-electron chi connectivity index (χ4n) is 1.37. The van der Waals surface area contributed by atoms with E-state index in [1.54, 1.807) is 0 Å². The average molecular weight is 319 g/mol. The smallest absolute Gasteiger partial charge is 0.0971 e. The van der Waals surface area contributed by atoms with Gasteiger partial charge >= 0.3 is 0 Å². The molecule has 1 aromatic carbocycles. The summed E-state index contributed by atoms with van der Waals surface area (Å²) < 4.78 is 0. The van der Waals surface area contributed by atoms with Crippen molar-refractivity contribution in [2.75, 3.05) is 6.61 Å². The fourth-order valence-corrected chi connectivity index (χ4v) is 2.42. The SMILES string of the molecule is NC(CCO)C(O)c1c(Cl)c(Cl)cc(Cl)c1Cl. The molecule has 0 aromatic heterocycles. The molecule has 4 N–H and O–H groups in total. The number of benzene rings is 1. The van der Waals surface area contributed by atoms with Crippen molar-refractivity contribution in [2.45, 2.75) is 18.6 Å². The molecule has 0 spiro atoms. The van der Waals surface area contributed by atoms with Crippen molar-refractivity contribution in [1.82, 2.24) is 0 Å². The van der Waals surface area contributed by atoms with Gasteiger partial charge in [0.25, 0.3) is 0 Å². The van der Waals surface area contributed by atoms with Crippen LogP contribution in [0.1, 0.15) is 18.1 Å². The van der Waals surface area contributed by atoms with Gasteiger partial charge in [0.05, 0.1) is 26.2 Å². The van der Waals surface area contributed by atoms with E-state index in [0.717, 1.165) is 0 Å². The summed E-state index contributed by atoms with van der Waals surface area (Å²) in [6, 6.07) is 0.686. The van der Waals surface area contributed by atoms with Gasteiger partial charge in [-0.05, 0) is 12.5 Å². The van der Waals surface area contributed by atoms with Crippen LogP contribution >= 0.6 is 46.4 Å². The molecule has 0 radical (unpaired) electrons. The Bertz CT molecular complexity index is 388. The van der Waals surface area contributed by atoms with Gasteiger partial charge in [-0.25, -0.2) is 0 Å². The summed E-state index contributed by atoms with van der Waals surface area (Å²) in [5.41, 5.74) is 5.87. The molecule has 96 valence electrons. The van der Waals surface area contributed by atoms with Crippen LogP contribution in [0, 0.1) is 0 Å². The first-order valence-electron chi connectivity index (χ1n) is 4.77. The van der Waals surface area contributed by atoms with E-state index in [9.17, 15) is 5.11 Å². The summed E-state index contributed by atoms with van der Waals surface area (Å²) in [6.07, 6.45) is -0.934. The van der Waals surface area contributed by atoms with Crippen molar-refractivity contribution in [3.8, 4) is 0 Å². The second-order valence-corrected chi connectivity index (χ2v) is 5.07. The molecule has 0 amide bonds. The van der Waals surface area contributed by atoms with E-state index in [1.807, 2.05) is 0 Å². The molecule has 0 aliphatic heterocycles. The first-order chi connectivity index (χ1) is 7.90. The Balaban J connectivity index is 3.20. The predicted molar refractivity (Wildman–Crippen MR) is 71.1 cm³/mol. The average Bonchev–Trinajstić information content (AvgIpc) is 2.27. The van der Waals surface area contributed by atoms with Crippen molar-refractivity contribution >= 4 is 46.4 Å². The third kappa shape index (κ3) is 3.38. The Morgan fingerprint density at radius 1 is 1.12 bits per heavy atom. The molecule has 2 unspecified atom stereocenters. The maximum atomic E-state index is 10.0. The molecule has 17 heavy (non-hydrogen) atoms. The molecule has 0 bridgehead atoms. The maximum absolute atomic E-state index is 10.0. The Morgan fingerprint density at radius 2 is 1.59 bits per heavy atom. The first-order valence-corrected chi connectivity index (χ1v) is 6.28. The standard InChI is InChI=1S/C10H11Cl4NO2/c11-4-3-5(12)9(14)7(8(4)13)10(17)6(15)1-2-16/h3,6,10,16-17H,1-2,15H2. The third-order valence-electron chi connectivity index (χ3n) is 2.31. The number of rotatable bonds is 4. The Labute approximate surface area is 119 Å². The van der Waals surface area contributed by atoms with Crippen LogP contribution in [0.25, 0.3) is 0 Å². The zero-order chi connectivity index (χ0) is 13.2. The minimum atomic E-state index is -1.14. The molecule has 3 nitrogen and oxygen atoms in total. The highest BCUT2D eigenvalue weighted by Gasteiger charge is 2.25. The molecule has 0 fully saturated rings. The zero-order valence-electron chi connectivity index (χ0n) is 8.63. The Morgan fingerprint density at radius 3 is 2.00 bits per heavy atom. The van der Waals surface area contributed by atoms with Gasteiger partial charge in [0.15, 0.2) is 0 Å². The molecule has 0 saturated heterocycles. The van der Waals surface area contributed by atoms with Gasteiger partial charge in [0.2, 0.25) is 0 Å². The molecule has 7 heteroatoms.